The van der Waals surface area contributed by atoms with Crippen molar-refractivity contribution in [1.29, 1.82) is 0 Å². The minimum atomic E-state index is -4.46. The molecule has 1 heterocycles. The maximum absolute atomic E-state index is 12.7. The summed E-state index contributed by atoms with van der Waals surface area (Å²) >= 11 is 0. The van der Waals surface area contributed by atoms with Crippen molar-refractivity contribution in [1.82, 2.24) is 9.97 Å². The second-order valence-electron chi connectivity index (χ2n) is 6.09. The summed E-state index contributed by atoms with van der Waals surface area (Å²) in [5.41, 5.74) is 0.893. The van der Waals surface area contributed by atoms with E-state index in [1.165, 1.54) is 6.20 Å². The smallest absolute Gasteiger partial charge is 0.375 e. The van der Waals surface area contributed by atoms with Crippen LogP contribution in [0.1, 0.15) is 28.5 Å². The highest BCUT2D eigenvalue weighted by Gasteiger charge is 2.30. The van der Waals surface area contributed by atoms with Gasteiger partial charge >= 0.3 is 6.18 Å². The lowest BCUT2D eigenvalue weighted by Crippen LogP contribution is -2.15. The number of amides is 1. The van der Waals surface area contributed by atoms with Crippen molar-refractivity contribution >= 4 is 11.6 Å². The number of nitrogens with one attached hydrogen (secondary N) is 1. The third kappa shape index (κ3) is 5.17. The number of aromatic nitrogens is 2. The first-order chi connectivity index (χ1) is 13.9. The number of nitrogens with zero attached hydrogens (tertiary/aromatic N) is 2. The molecule has 0 aliphatic heterocycles. The summed E-state index contributed by atoms with van der Waals surface area (Å²) in [6.45, 7) is 2.44. The molecule has 1 N–H and O–H groups in total. The highest BCUT2D eigenvalue weighted by molar-refractivity contribution is 6.04. The number of carbonyl (C=O) groups is 1. The molecule has 2 aromatic carbocycles. The molecule has 0 radical (unpaired) electrons. The third-order valence-electron chi connectivity index (χ3n) is 4.07. The van der Waals surface area contributed by atoms with Crippen LogP contribution < -0.4 is 5.32 Å². The third-order valence-corrected chi connectivity index (χ3v) is 4.07. The first-order valence-corrected chi connectivity index (χ1v) is 8.86. The molecule has 0 unspecified atom stereocenters. The molecule has 0 atom stereocenters. The Morgan fingerprint density at radius 3 is 2.38 bits per heavy atom. The maximum atomic E-state index is 12.7. The van der Waals surface area contributed by atoms with Crippen LogP contribution in [0.15, 0.2) is 60.8 Å². The Hall–Kier alpha value is -3.26. The summed E-state index contributed by atoms with van der Waals surface area (Å²) in [6.07, 6.45) is -2.99. The monoisotopic (exact) mass is 401 g/mol. The fourth-order valence-electron chi connectivity index (χ4n) is 2.56. The molecule has 0 bridgehead atoms. The SMILES string of the molecule is CCOCc1nc(-c2ccccc2)ncc1NC(=O)c1ccc(C(F)(F)F)cc1. The molecule has 1 amide bonds. The minimum absolute atomic E-state index is 0.0903. The van der Waals surface area contributed by atoms with Crippen molar-refractivity contribution < 1.29 is 22.7 Å². The van der Waals surface area contributed by atoms with Gasteiger partial charge < -0.3 is 10.1 Å². The Morgan fingerprint density at radius 2 is 1.76 bits per heavy atom. The van der Waals surface area contributed by atoms with Gasteiger partial charge in [-0.3, -0.25) is 4.79 Å². The number of rotatable bonds is 6. The molecule has 0 saturated carbocycles. The number of carbonyl (C=O) groups excluding carboxylic acids is 1. The van der Waals surface area contributed by atoms with E-state index < -0.39 is 17.6 Å². The van der Waals surface area contributed by atoms with Gasteiger partial charge in [0.25, 0.3) is 5.91 Å². The molecule has 150 valence electrons. The summed E-state index contributed by atoms with van der Waals surface area (Å²) < 4.78 is 43.5. The summed E-state index contributed by atoms with van der Waals surface area (Å²) in [5, 5.41) is 2.65. The van der Waals surface area contributed by atoms with Gasteiger partial charge in [-0.1, -0.05) is 30.3 Å². The molecule has 0 fully saturated rings. The van der Waals surface area contributed by atoms with E-state index in [4.69, 9.17) is 4.74 Å². The summed E-state index contributed by atoms with van der Waals surface area (Å²) in [7, 11) is 0. The molecule has 0 spiro atoms. The number of halogens is 3. The highest BCUT2D eigenvalue weighted by atomic mass is 19.4. The van der Waals surface area contributed by atoms with E-state index in [-0.39, 0.29) is 12.2 Å². The molecule has 3 aromatic rings. The van der Waals surface area contributed by atoms with Crippen molar-refractivity contribution in [3.05, 3.63) is 77.6 Å². The molecular formula is C21H18F3N3O2. The average molecular weight is 401 g/mol. The van der Waals surface area contributed by atoms with Gasteiger partial charge in [-0.25, -0.2) is 9.97 Å². The number of anilines is 1. The van der Waals surface area contributed by atoms with E-state index in [0.717, 1.165) is 29.8 Å². The molecule has 0 aliphatic carbocycles. The Morgan fingerprint density at radius 1 is 1.07 bits per heavy atom. The molecule has 0 aliphatic rings. The standard InChI is InChI=1S/C21H18F3N3O2/c1-2-29-13-18-17(12-25-19(26-18)14-6-4-3-5-7-14)27-20(28)15-8-10-16(11-9-15)21(22,23)24/h3-12H,2,13H2,1H3,(H,27,28). The fourth-order valence-corrected chi connectivity index (χ4v) is 2.56. The first kappa shape index (κ1) is 20.5. The minimum Gasteiger partial charge on any atom is -0.375 e. The normalized spacial score (nSPS) is 11.3. The molecule has 29 heavy (non-hydrogen) atoms. The van der Waals surface area contributed by atoms with Crippen molar-refractivity contribution in [2.75, 3.05) is 11.9 Å². The van der Waals surface area contributed by atoms with Crippen molar-refractivity contribution in [3.8, 4) is 11.4 Å². The van der Waals surface area contributed by atoms with Gasteiger partial charge in [0.2, 0.25) is 0 Å². The summed E-state index contributed by atoms with van der Waals surface area (Å²) in [6, 6.07) is 13.3. The Labute approximate surface area is 165 Å². The van der Waals surface area contributed by atoms with Crippen LogP contribution in [0.4, 0.5) is 18.9 Å². The second-order valence-corrected chi connectivity index (χ2v) is 6.09. The number of alkyl halides is 3. The van der Waals surface area contributed by atoms with Crippen LogP contribution in [-0.4, -0.2) is 22.5 Å². The molecule has 1 aromatic heterocycles. The van der Waals surface area contributed by atoms with E-state index in [9.17, 15) is 18.0 Å². The number of hydrogen-bond acceptors (Lipinski definition) is 4. The first-order valence-electron chi connectivity index (χ1n) is 8.86. The van der Waals surface area contributed by atoms with Gasteiger partial charge in [-0.15, -0.1) is 0 Å². The fraction of sp³-hybridized carbons (Fsp3) is 0.190. The van der Waals surface area contributed by atoms with E-state index in [0.29, 0.717) is 23.8 Å². The highest BCUT2D eigenvalue weighted by Crippen LogP contribution is 2.29. The maximum Gasteiger partial charge on any atom is 0.416 e. The quantitative estimate of drug-likeness (QED) is 0.635. The van der Waals surface area contributed by atoms with Gasteiger partial charge in [0.15, 0.2) is 5.82 Å². The van der Waals surface area contributed by atoms with E-state index >= 15 is 0 Å². The summed E-state index contributed by atoms with van der Waals surface area (Å²) in [5.74, 6) is -0.0830. The lowest BCUT2D eigenvalue weighted by atomic mass is 10.1. The van der Waals surface area contributed by atoms with Crippen LogP contribution in [0.3, 0.4) is 0 Å². The zero-order valence-corrected chi connectivity index (χ0v) is 15.5. The van der Waals surface area contributed by atoms with Crippen molar-refractivity contribution in [2.45, 2.75) is 19.7 Å². The van der Waals surface area contributed by atoms with Crippen molar-refractivity contribution in [3.63, 3.8) is 0 Å². The zero-order chi connectivity index (χ0) is 20.9. The predicted molar refractivity (Wildman–Crippen MR) is 102 cm³/mol. The zero-order valence-electron chi connectivity index (χ0n) is 15.5. The Kier molecular flexibility index (Phi) is 6.23. The van der Waals surface area contributed by atoms with Gasteiger partial charge in [-0.05, 0) is 31.2 Å². The molecular weight excluding hydrogens is 383 g/mol. The second kappa shape index (κ2) is 8.83. The molecule has 8 heteroatoms. The molecule has 0 saturated heterocycles. The number of benzene rings is 2. The number of ether oxygens (including phenoxy) is 1. The largest absolute Gasteiger partial charge is 0.416 e. The van der Waals surface area contributed by atoms with Crippen LogP contribution >= 0.6 is 0 Å². The lowest BCUT2D eigenvalue weighted by molar-refractivity contribution is -0.137. The van der Waals surface area contributed by atoms with Crippen LogP contribution in [0.25, 0.3) is 11.4 Å². The topological polar surface area (TPSA) is 64.1 Å². The summed E-state index contributed by atoms with van der Waals surface area (Å²) in [4.78, 5) is 21.2. The lowest BCUT2D eigenvalue weighted by Gasteiger charge is -2.12. The van der Waals surface area contributed by atoms with Crippen LogP contribution in [0.5, 0.6) is 0 Å². The van der Waals surface area contributed by atoms with E-state index in [1.807, 2.05) is 37.3 Å². The van der Waals surface area contributed by atoms with Crippen LogP contribution in [0, 0.1) is 0 Å². The van der Waals surface area contributed by atoms with Crippen LogP contribution in [-0.2, 0) is 17.5 Å². The van der Waals surface area contributed by atoms with Gasteiger partial charge in [0.1, 0.15) is 0 Å². The average Bonchev–Trinajstić information content (AvgIpc) is 2.73. The predicted octanol–water partition coefficient (Wildman–Crippen LogP) is 4.95. The van der Waals surface area contributed by atoms with Crippen LogP contribution in [0.2, 0.25) is 0 Å². The Balaban J connectivity index is 1.84. The van der Waals surface area contributed by atoms with E-state index in [1.54, 1.807) is 0 Å². The molecule has 3 rings (SSSR count). The van der Waals surface area contributed by atoms with Crippen molar-refractivity contribution in [2.24, 2.45) is 0 Å². The van der Waals surface area contributed by atoms with Gasteiger partial charge in [-0.2, -0.15) is 13.2 Å². The van der Waals surface area contributed by atoms with Gasteiger partial charge in [0, 0.05) is 17.7 Å². The molecule has 5 nitrogen and oxygen atoms in total. The van der Waals surface area contributed by atoms with E-state index in [2.05, 4.69) is 15.3 Å². The number of hydrogen-bond donors (Lipinski definition) is 1. The Bertz CT molecular complexity index is 975. The van der Waals surface area contributed by atoms with Gasteiger partial charge in [0.05, 0.1) is 29.7 Å².